The maximum atomic E-state index is 13.4. The Morgan fingerprint density at radius 1 is 0.938 bits per heavy atom. The van der Waals surface area contributed by atoms with Gasteiger partial charge in [0.25, 0.3) is 0 Å². The fourth-order valence-electron chi connectivity index (χ4n) is 3.83. The Hall–Kier alpha value is -2.62. The zero-order valence-electron chi connectivity index (χ0n) is 20.7. The number of carbonyl (C=O) groups excluding carboxylic acids is 2. The van der Waals surface area contributed by atoms with Gasteiger partial charge in [-0.2, -0.15) is 0 Å². The molecule has 0 unspecified atom stereocenters. The summed E-state index contributed by atoms with van der Waals surface area (Å²) < 4.78 is 0. The molecule has 0 saturated carbocycles. The van der Waals surface area contributed by atoms with Gasteiger partial charge in [-0.3, -0.25) is 9.59 Å². The number of rotatable bonds is 11. The topological polar surface area (TPSA) is 49.4 Å². The highest BCUT2D eigenvalue weighted by molar-refractivity contribution is 5.87. The predicted octanol–water partition coefficient (Wildman–Crippen LogP) is 5.77. The predicted molar refractivity (Wildman–Crippen MR) is 133 cm³/mol. The van der Waals surface area contributed by atoms with Crippen LogP contribution in [0.15, 0.2) is 48.5 Å². The average Bonchev–Trinajstić information content (AvgIpc) is 2.77. The molecular weight excluding hydrogens is 396 g/mol. The first-order valence-electron chi connectivity index (χ1n) is 12.0. The van der Waals surface area contributed by atoms with Crippen LogP contribution in [0.3, 0.4) is 0 Å². The van der Waals surface area contributed by atoms with E-state index in [2.05, 4.69) is 49.5 Å². The van der Waals surface area contributed by atoms with Crippen LogP contribution in [-0.4, -0.2) is 28.8 Å². The smallest absolute Gasteiger partial charge is 0.243 e. The van der Waals surface area contributed by atoms with Crippen LogP contribution in [0, 0.1) is 6.92 Å². The monoisotopic (exact) mass is 436 g/mol. The van der Waals surface area contributed by atoms with Crippen LogP contribution >= 0.6 is 0 Å². The summed E-state index contributed by atoms with van der Waals surface area (Å²) in [6.07, 6.45) is 2.51. The molecule has 0 radical (unpaired) electrons. The number of benzene rings is 2. The second kappa shape index (κ2) is 12.4. The molecule has 2 atom stereocenters. The minimum absolute atomic E-state index is 0.0191. The Bertz CT molecular complexity index is 873. The first-order chi connectivity index (χ1) is 15.2. The fraction of sp³-hybridized carbons (Fsp3) is 0.500. The quantitative estimate of drug-likeness (QED) is 0.486. The van der Waals surface area contributed by atoms with Crippen LogP contribution < -0.4 is 5.32 Å². The molecule has 32 heavy (non-hydrogen) atoms. The highest BCUT2D eigenvalue weighted by atomic mass is 16.2. The molecule has 0 heterocycles. The number of aryl methyl sites for hydroxylation is 2. The summed E-state index contributed by atoms with van der Waals surface area (Å²) in [4.78, 5) is 28.2. The standard InChI is InChI=1S/C28H40N2O2/c1-7-22(6)29-28(32)26(8-2)30(19-24-11-9-10-21(5)18-24)27(31)17-14-23-12-15-25(16-13-23)20(3)4/h9-13,15-16,18,20,22,26H,7-8,14,17,19H2,1-6H3,(H,29,32)/t22-,26+/m1/s1. The van der Waals surface area contributed by atoms with Crippen molar-refractivity contribution in [2.45, 2.75) is 91.8 Å². The van der Waals surface area contributed by atoms with Gasteiger partial charge in [-0.25, -0.2) is 0 Å². The molecule has 0 aromatic heterocycles. The SMILES string of the molecule is CC[C@@H](C)NC(=O)[C@H](CC)N(Cc1cccc(C)c1)C(=O)CCc1ccc(C(C)C)cc1. The van der Waals surface area contributed by atoms with Crippen molar-refractivity contribution in [3.05, 3.63) is 70.8 Å². The van der Waals surface area contributed by atoms with Crippen LogP contribution in [0.1, 0.15) is 82.1 Å². The molecule has 2 amide bonds. The molecule has 4 heteroatoms. The summed E-state index contributed by atoms with van der Waals surface area (Å²) in [6.45, 7) is 12.9. The highest BCUT2D eigenvalue weighted by Gasteiger charge is 2.29. The molecule has 0 spiro atoms. The summed E-state index contributed by atoms with van der Waals surface area (Å²) in [7, 11) is 0. The largest absolute Gasteiger partial charge is 0.352 e. The third-order valence-corrected chi connectivity index (χ3v) is 6.10. The number of hydrogen-bond acceptors (Lipinski definition) is 2. The number of amides is 2. The third kappa shape index (κ3) is 7.51. The van der Waals surface area contributed by atoms with E-state index < -0.39 is 6.04 Å². The lowest BCUT2D eigenvalue weighted by Gasteiger charge is -2.31. The van der Waals surface area contributed by atoms with Gasteiger partial charge in [-0.15, -0.1) is 0 Å². The van der Waals surface area contributed by atoms with Crippen molar-refractivity contribution in [2.24, 2.45) is 0 Å². The summed E-state index contributed by atoms with van der Waals surface area (Å²) in [5.74, 6) is 0.444. The van der Waals surface area contributed by atoms with Crippen molar-refractivity contribution >= 4 is 11.8 Å². The molecule has 0 fully saturated rings. The van der Waals surface area contributed by atoms with Crippen LogP contribution in [0.4, 0.5) is 0 Å². The zero-order chi connectivity index (χ0) is 23.7. The van der Waals surface area contributed by atoms with Crippen LogP contribution in [-0.2, 0) is 22.6 Å². The van der Waals surface area contributed by atoms with Crippen molar-refractivity contribution in [1.29, 1.82) is 0 Å². The Morgan fingerprint density at radius 3 is 2.19 bits per heavy atom. The minimum Gasteiger partial charge on any atom is -0.352 e. The van der Waals surface area contributed by atoms with Gasteiger partial charge in [0.1, 0.15) is 6.04 Å². The highest BCUT2D eigenvalue weighted by Crippen LogP contribution is 2.18. The van der Waals surface area contributed by atoms with E-state index in [0.717, 1.165) is 23.1 Å². The van der Waals surface area contributed by atoms with Gasteiger partial charge in [0.15, 0.2) is 0 Å². The van der Waals surface area contributed by atoms with E-state index in [-0.39, 0.29) is 17.9 Å². The van der Waals surface area contributed by atoms with Crippen molar-refractivity contribution in [1.82, 2.24) is 10.2 Å². The molecule has 0 aliphatic heterocycles. The molecule has 0 saturated heterocycles. The lowest BCUT2D eigenvalue weighted by molar-refractivity contribution is -0.141. The third-order valence-electron chi connectivity index (χ3n) is 6.10. The maximum absolute atomic E-state index is 13.4. The number of carbonyl (C=O) groups is 2. The van der Waals surface area contributed by atoms with Crippen molar-refractivity contribution in [3.8, 4) is 0 Å². The van der Waals surface area contributed by atoms with E-state index in [0.29, 0.717) is 31.7 Å². The fourth-order valence-corrected chi connectivity index (χ4v) is 3.83. The average molecular weight is 437 g/mol. The second-order valence-electron chi connectivity index (χ2n) is 9.15. The Balaban J connectivity index is 2.19. The lowest BCUT2D eigenvalue weighted by Crippen LogP contribution is -2.50. The molecule has 2 aromatic carbocycles. The van der Waals surface area contributed by atoms with Gasteiger partial charge in [-0.1, -0.05) is 81.8 Å². The van der Waals surface area contributed by atoms with Crippen molar-refractivity contribution < 1.29 is 9.59 Å². The van der Waals surface area contributed by atoms with Gasteiger partial charge >= 0.3 is 0 Å². The van der Waals surface area contributed by atoms with Gasteiger partial charge in [0, 0.05) is 19.0 Å². The minimum atomic E-state index is -0.472. The van der Waals surface area contributed by atoms with Crippen molar-refractivity contribution in [2.75, 3.05) is 0 Å². The summed E-state index contributed by atoms with van der Waals surface area (Å²) >= 11 is 0. The van der Waals surface area contributed by atoms with Crippen LogP contribution in [0.2, 0.25) is 0 Å². The van der Waals surface area contributed by atoms with E-state index in [1.54, 1.807) is 4.90 Å². The molecule has 4 nitrogen and oxygen atoms in total. The Morgan fingerprint density at radius 2 is 1.62 bits per heavy atom. The van der Waals surface area contributed by atoms with E-state index in [1.807, 2.05) is 45.9 Å². The molecule has 2 aromatic rings. The normalized spacial score (nSPS) is 13.0. The Labute approximate surface area is 194 Å². The van der Waals surface area contributed by atoms with E-state index in [9.17, 15) is 9.59 Å². The first kappa shape index (κ1) is 25.6. The molecule has 2 rings (SSSR count). The summed E-state index contributed by atoms with van der Waals surface area (Å²) in [6, 6.07) is 16.3. The molecular formula is C28H40N2O2. The van der Waals surface area contributed by atoms with E-state index in [1.165, 1.54) is 5.56 Å². The van der Waals surface area contributed by atoms with Gasteiger partial charge in [0.2, 0.25) is 11.8 Å². The number of nitrogens with one attached hydrogen (secondary N) is 1. The lowest BCUT2D eigenvalue weighted by atomic mass is 10.00. The maximum Gasteiger partial charge on any atom is 0.243 e. The summed E-state index contributed by atoms with van der Waals surface area (Å²) in [5.41, 5.74) is 4.65. The van der Waals surface area contributed by atoms with Gasteiger partial charge < -0.3 is 10.2 Å². The number of nitrogens with zero attached hydrogens (tertiary/aromatic N) is 1. The molecule has 0 bridgehead atoms. The molecule has 0 aliphatic carbocycles. The van der Waals surface area contributed by atoms with Gasteiger partial charge in [0.05, 0.1) is 0 Å². The molecule has 174 valence electrons. The van der Waals surface area contributed by atoms with Crippen LogP contribution in [0.5, 0.6) is 0 Å². The van der Waals surface area contributed by atoms with E-state index in [4.69, 9.17) is 0 Å². The Kier molecular flexibility index (Phi) is 9.96. The van der Waals surface area contributed by atoms with Crippen molar-refractivity contribution in [3.63, 3.8) is 0 Å². The molecule has 1 N–H and O–H groups in total. The summed E-state index contributed by atoms with van der Waals surface area (Å²) in [5, 5.41) is 3.07. The number of hydrogen-bond donors (Lipinski definition) is 1. The zero-order valence-corrected chi connectivity index (χ0v) is 20.7. The van der Waals surface area contributed by atoms with Gasteiger partial charge in [-0.05, 0) is 55.7 Å². The van der Waals surface area contributed by atoms with Crippen LogP contribution in [0.25, 0.3) is 0 Å². The first-order valence-corrected chi connectivity index (χ1v) is 12.0. The second-order valence-corrected chi connectivity index (χ2v) is 9.15. The molecule has 0 aliphatic rings. The van der Waals surface area contributed by atoms with E-state index >= 15 is 0 Å².